The van der Waals surface area contributed by atoms with Crippen LogP contribution in [-0.2, 0) is 10.0 Å². The highest BCUT2D eigenvalue weighted by Gasteiger charge is 2.30. The summed E-state index contributed by atoms with van der Waals surface area (Å²) in [6, 6.07) is 6.57. The van der Waals surface area contributed by atoms with Crippen molar-refractivity contribution >= 4 is 33.1 Å². The average Bonchev–Trinajstić information content (AvgIpc) is 2.70. The molecule has 0 amide bonds. The number of piperazine rings is 1. The largest absolute Gasteiger partial charge is 0.360 e. The Kier molecular flexibility index (Phi) is 6.73. The second kappa shape index (κ2) is 8.88. The van der Waals surface area contributed by atoms with Gasteiger partial charge in [0.05, 0.1) is 4.90 Å². The van der Waals surface area contributed by atoms with E-state index in [-0.39, 0.29) is 10.7 Å². The molecule has 0 radical (unpaired) electrons. The first-order valence-electron chi connectivity index (χ1n) is 9.95. The van der Waals surface area contributed by atoms with Crippen molar-refractivity contribution in [1.29, 1.82) is 0 Å². The maximum absolute atomic E-state index is 12.9. The number of carbonyl (C=O) groups excluding carboxylic acids is 1. The second-order valence-corrected chi connectivity index (χ2v) is 10.1. The van der Waals surface area contributed by atoms with Crippen LogP contribution in [-0.4, -0.2) is 60.7 Å². The zero-order valence-electron chi connectivity index (χ0n) is 16.6. The number of nitrogens with zero attached hydrogens (tertiary/aromatic N) is 2. The number of ketones is 1. The molecule has 1 aromatic rings. The molecule has 2 fully saturated rings. The average molecular weight is 424 g/mol. The van der Waals surface area contributed by atoms with E-state index in [0.29, 0.717) is 43.7 Å². The smallest absolute Gasteiger partial charge is 0.243 e. The van der Waals surface area contributed by atoms with E-state index in [9.17, 15) is 13.2 Å². The first kappa shape index (κ1) is 21.2. The first-order valence-corrected chi connectivity index (χ1v) is 11.8. The van der Waals surface area contributed by atoms with Crippen LogP contribution in [0.5, 0.6) is 0 Å². The number of hydrogen-bond donors (Lipinski definition) is 1. The predicted molar refractivity (Wildman–Crippen MR) is 114 cm³/mol. The van der Waals surface area contributed by atoms with Gasteiger partial charge in [-0.05, 0) is 50.0 Å². The summed E-state index contributed by atoms with van der Waals surface area (Å²) in [4.78, 5) is 13.7. The summed E-state index contributed by atoms with van der Waals surface area (Å²) in [6.45, 7) is 5.70. The number of hydrogen-bond acceptors (Lipinski definition) is 4. The Hall–Kier alpha value is -1.51. The summed E-state index contributed by atoms with van der Waals surface area (Å²) >= 11 is 5.59. The molecular formula is C20H29N3O3S2. The third kappa shape index (κ3) is 4.72. The second-order valence-electron chi connectivity index (χ2n) is 7.79. The van der Waals surface area contributed by atoms with Gasteiger partial charge in [0.2, 0.25) is 10.0 Å². The number of benzene rings is 1. The molecule has 2 atom stereocenters. The number of sulfonamides is 1. The highest BCUT2D eigenvalue weighted by atomic mass is 32.2. The van der Waals surface area contributed by atoms with Crippen LogP contribution >= 0.6 is 12.2 Å². The Balaban J connectivity index is 1.58. The lowest BCUT2D eigenvalue weighted by atomic mass is 9.86. The molecule has 0 unspecified atom stereocenters. The standard InChI is InChI=1S/C20H29N3O3S2/c1-15-5-3-4-6-19(15)21-20(27)22-11-13-23(14-12-22)28(25,26)18-9-7-17(8-10-18)16(2)24/h7-10,15,19H,3-6,11-14H2,1-2H3,(H,21,27)/t15-,19+/m0/s1. The van der Waals surface area contributed by atoms with Gasteiger partial charge in [-0.25, -0.2) is 8.42 Å². The molecule has 0 bridgehead atoms. The van der Waals surface area contributed by atoms with Crippen molar-refractivity contribution in [1.82, 2.24) is 14.5 Å². The number of rotatable bonds is 4. The van der Waals surface area contributed by atoms with Gasteiger partial charge in [-0.3, -0.25) is 4.79 Å². The van der Waals surface area contributed by atoms with Gasteiger partial charge < -0.3 is 10.2 Å². The molecule has 0 aromatic heterocycles. The lowest BCUT2D eigenvalue weighted by molar-refractivity contribution is 0.101. The molecule has 8 heteroatoms. The fraction of sp³-hybridized carbons (Fsp3) is 0.600. The topological polar surface area (TPSA) is 69.7 Å². The van der Waals surface area contributed by atoms with Crippen molar-refractivity contribution in [3.63, 3.8) is 0 Å². The first-order chi connectivity index (χ1) is 13.3. The van der Waals surface area contributed by atoms with Gasteiger partial charge in [-0.2, -0.15) is 4.31 Å². The summed E-state index contributed by atoms with van der Waals surface area (Å²) in [5, 5.41) is 4.24. The summed E-state index contributed by atoms with van der Waals surface area (Å²) < 4.78 is 27.3. The third-order valence-corrected chi connectivity index (χ3v) is 8.13. The molecule has 0 spiro atoms. The Labute approximate surface area is 173 Å². The quantitative estimate of drug-likeness (QED) is 0.593. The van der Waals surface area contributed by atoms with Gasteiger partial charge in [0.25, 0.3) is 0 Å². The number of Topliss-reactive ketones (excluding diaryl/α,β-unsaturated/α-hetero) is 1. The predicted octanol–water partition coefficient (Wildman–Crippen LogP) is 2.65. The molecule has 28 heavy (non-hydrogen) atoms. The zero-order valence-corrected chi connectivity index (χ0v) is 18.2. The van der Waals surface area contributed by atoms with Gasteiger partial charge in [-0.15, -0.1) is 0 Å². The van der Waals surface area contributed by atoms with Crippen molar-refractivity contribution in [2.24, 2.45) is 5.92 Å². The molecule has 1 saturated carbocycles. The van der Waals surface area contributed by atoms with Crippen LogP contribution in [0.15, 0.2) is 29.2 Å². The van der Waals surface area contributed by atoms with Crippen LogP contribution in [0.4, 0.5) is 0 Å². The normalized spacial score (nSPS) is 24.0. The lowest BCUT2D eigenvalue weighted by Crippen LogP contribution is -2.55. The maximum Gasteiger partial charge on any atom is 0.243 e. The fourth-order valence-electron chi connectivity index (χ4n) is 3.92. The Morgan fingerprint density at radius 1 is 1.07 bits per heavy atom. The number of nitrogens with one attached hydrogen (secondary N) is 1. The van der Waals surface area contributed by atoms with E-state index in [0.717, 1.165) is 11.5 Å². The molecule has 1 aromatic carbocycles. The van der Waals surface area contributed by atoms with E-state index < -0.39 is 10.0 Å². The minimum atomic E-state index is -3.56. The van der Waals surface area contributed by atoms with Gasteiger partial charge in [0.15, 0.2) is 10.9 Å². The zero-order chi connectivity index (χ0) is 20.3. The van der Waals surface area contributed by atoms with Gasteiger partial charge in [-0.1, -0.05) is 31.9 Å². The van der Waals surface area contributed by atoms with Gasteiger partial charge in [0, 0.05) is 37.8 Å². The van der Waals surface area contributed by atoms with Crippen molar-refractivity contribution < 1.29 is 13.2 Å². The van der Waals surface area contributed by atoms with Crippen molar-refractivity contribution in [3.05, 3.63) is 29.8 Å². The highest BCUT2D eigenvalue weighted by molar-refractivity contribution is 7.89. The van der Waals surface area contributed by atoms with Crippen LogP contribution < -0.4 is 5.32 Å². The van der Waals surface area contributed by atoms with E-state index in [1.807, 2.05) is 0 Å². The highest BCUT2D eigenvalue weighted by Crippen LogP contribution is 2.24. The Bertz CT molecular complexity index is 816. The summed E-state index contributed by atoms with van der Waals surface area (Å²) in [7, 11) is -3.56. The maximum atomic E-state index is 12.9. The van der Waals surface area contributed by atoms with E-state index in [4.69, 9.17) is 12.2 Å². The van der Waals surface area contributed by atoms with E-state index in [2.05, 4.69) is 17.1 Å². The fourth-order valence-corrected chi connectivity index (χ4v) is 5.68. The molecule has 154 valence electrons. The molecule has 3 rings (SSSR count). The molecule has 1 aliphatic heterocycles. The molecular weight excluding hydrogens is 394 g/mol. The van der Waals surface area contributed by atoms with Crippen molar-refractivity contribution in [2.45, 2.75) is 50.5 Å². The minimum Gasteiger partial charge on any atom is -0.360 e. The molecule has 1 saturated heterocycles. The lowest BCUT2D eigenvalue weighted by Gasteiger charge is -2.38. The van der Waals surface area contributed by atoms with Crippen molar-refractivity contribution in [3.8, 4) is 0 Å². The summed E-state index contributed by atoms with van der Waals surface area (Å²) in [5.41, 5.74) is 0.511. The van der Waals surface area contributed by atoms with Crippen LogP contribution in [0.2, 0.25) is 0 Å². The van der Waals surface area contributed by atoms with Gasteiger partial charge in [0.1, 0.15) is 0 Å². The van der Waals surface area contributed by atoms with Crippen LogP contribution in [0, 0.1) is 5.92 Å². The van der Waals surface area contributed by atoms with Crippen LogP contribution in [0.1, 0.15) is 49.9 Å². The molecule has 1 N–H and O–H groups in total. The van der Waals surface area contributed by atoms with Crippen LogP contribution in [0.25, 0.3) is 0 Å². The minimum absolute atomic E-state index is 0.0779. The van der Waals surface area contributed by atoms with Crippen LogP contribution in [0.3, 0.4) is 0 Å². The van der Waals surface area contributed by atoms with E-state index in [1.165, 1.54) is 42.6 Å². The Morgan fingerprint density at radius 2 is 1.68 bits per heavy atom. The Morgan fingerprint density at radius 3 is 2.25 bits per heavy atom. The molecule has 1 aliphatic carbocycles. The van der Waals surface area contributed by atoms with E-state index >= 15 is 0 Å². The molecule has 2 aliphatic rings. The number of carbonyl (C=O) groups is 1. The molecule has 6 nitrogen and oxygen atoms in total. The van der Waals surface area contributed by atoms with E-state index in [1.54, 1.807) is 12.1 Å². The van der Waals surface area contributed by atoms with Crippen molar-refractivity contribution in [2.75, 3.05) is 26.2 Å². The van der Waals surface area contributed by atoms with Gasteiger partial charge >= 0.3 is 0 Å². The summed E-state index contributed by atoms with van der Waals surface area (Å²) in [6.07, 6.45) is 4.90. The summed E-state index contributed by atoms with van der Waals surface area (Å²) in [5.74, 6) is 0.539. The SMILES string of the molecule is CC(=O)c1ccc(S(=O)(=O)N2CCN(C(=S)N[C@@H]3CCCC[C@@H]3C)CC2)cc1. The number of thiocarbonyl (C=S) groups is 1. The monoisotopic (exact) mass is 423 g/mol. The third-order valence-electron chi connectivity index (χ3n) is 5.84. The molecule has 1 heterocycles.